The average molecular weight is 968 g/mol. The summed E-state index contributed by atoms with van der Waals surface area (Å²) in [7, 11) is 0. The molecule has 10 aromatic rings. The first-order valence-electron chi connectivity index (χ1n) is 26.0. The molecule has 1 atom stereocenters. The zero-order valence-corrected chi connectivity index (χ0v) is 43.5. The summed E-state index contributed by atoms with van der Waals surface area (Å²) in [5.74, 6) is 0. The van der Waals surface area contributed by atoms with Crippen molar-refractivity contribution >= 4 is 45.5 Å². The van der Waals surface area contributed by atoms with Crippen molar-refractivity contribution < 1.29 is 0 Å². The molecule has 3 nitrogen and oxygen atoms in total. The predicted octanol–water partition coefficient (Wildman–Crippen LogP) is 19.7. The lowest BCUT2D eigenvalue weighted by Gasteiger charge is -2.47. The molecule has 0 aliphatic carbocycles. The normalized spacial score (nSPS) is 14.0. The summed E-state index contributed by atoms with van der Waals surface area (Å²) in [4.78, 5) is 7.18. The molecule has 1 aliphatic rings. The fourth-order valence-electron chi connectivity index (χ4n) is 11.0. The Bertz CT molecular complexity index is 3700. The van der Waals surface area contributed by atoms with E-state index in [1.807, 2.05) is 0 Å². The van der Waals surface area contributed by atoms with Gasteiger partial charge in [-0.05, 0) is 169 Å². The molecular weight excluding hydrogens is 907 g/mol. The lowest BCUT2D eigenvalue weighted by Crippen LogP contribution is -2.38. The van der Waals surface area contributed by atoms with E-state index in [-0.39, 0.29) is 0 Å². The van der Waals surface area contributed by atoms with Gasteiger partial charge in [0.05, 0.1) is 16.8 Å². The van der Waals surface area contributed by atoms with Crippen LogP contribution in [0.1, 0.15) is 45.9 Å². The summed E-state index contributed by atoms with van der Waals surface area (Å²) in [5, 5.41) is 0. The van der Waals surface area contributed by atoms with E-state index in [0.717, 1.165) is 67.9 Å². The first kappa shape index (κ1) is 48.1. The van der Waals surface area contributed by atoms with Gasteiger partial charge in [-0.25, -0.2) is 0 Å². The van der Waals surface area contributed by atoms with Crippen LogP contribution in [0.15, 0.2) is 285 Å². The second-order valence-corrected chi connectivity index (χ2v) is 19.6. The largest absolute Gasteiger partial charge is 0.311 e. The number of hydrogen-bond donors (Lipinski definition) is 0. The van der Waals surface area contributed by atoms with Gasteiger partial charge in [0.25, 0.3) is 0 Å². The molecule has 0 radical (unpaired) electrons. The Morgan fingerprint density at radius 3 is 1.49 bits per heavy atom. The summed E-state index contributed by atoms with van der Waals surface area (Å²) in [6, 6.07) is 90.3. The van der Waals surface area contributed by atoms with Gasteiger partial charge in [0, 0.05) is 39.8 Å². The van der Waals surface area contributed by atoms with Gasteiger partial charge >= 0.3 is 0 Å². The van der Waals surface area contributed by atoms with E-state index >= 15 is 0 Å². The Labute approximate surface area is 444 Å². The van der Waals surface area contributed by atoms with Crippen LogP contribution in [0.25, 0.3) is 22.3 Å². The number of hydrogen-bond acceptors (Lipinski definition) is 3. The third kappa shape index (κ3) is 9.08. The average Bonchev–Trinajstić information content (AvgIpc) is 3.46. The highest BCUT2D eigenvalue weighted by atomic mass is 15.2. The van der Waals surface area contributed by atoms with E-state index in [1.165, 1.54) is 50.1 Å². The van der Waals surface area contributed by atoms with E-state index in [4.69, 9.17) is 6.58 Å². The van der Waals surface area contributed by atoms with Crippen LogP contribution in [-0.4, -0.2) is 0 Å². The van der Waals surface area contributed by atoms with Crippen LogP contribution in [0.5, 0.6) is 0 Å². The molecule has 0 bridgehead atoms. The first-order chi connectivity index (χ1) is 36.7. The van der Waals surface area contributed by atoms with Crippen LogP contribution in [0.4, 0.5) is 45.5 Å². The van der Waals surface area contributed by atoms with Gasteiger partial charge in [0.15, 0.2) is 0 Å². The Morgan fingerprint density at radius 2 is 0.907 bits per heavy atom. The summed E-state index contributed by atoms with van der Waals surface area (Å²) in [6.07, 6.45) is 6.74. The molecule has 0 saturated heterocycles. The standard InChI is InChI=1S/C72H61N3/c1-7-61(73(68-27-17-14-20-53(68)4)62-43-34-58(35-44-62)56-22-10-8-11-23-56)42-33-55(6)72(66-26-16-19-29-70(66)75(65-40-30-51(2)31-41-65)71-49-32-52(3)50-67(71)72)60-38-47-64(48-39-60)74(69-28-18-15-21-54(69)5)63-45-36-59(37-46-63)57-24-12-9-13-25-57/h7-50H,6H2,1-5H3/b42-33-,61-7+. The van der Waals surface area contributed by atoms with Gasteiger partial charge in [-0.2, -0.15) is 0 Å². The monoisotopic (exact) mass is 967 g/mol. The third-order valence-corrected chi connectivity index (χ3v) is 14.9. The Hall–Kier alpha value is -9.18. The Kier molecular flexibility index (Phi) is 13.3. The molecule has 11 rings (SSSR count). The molecule has 0 N–H and O–H groups in total. The molecule has 0 saturated carbocycles. The minimum Gasteiger partial charge on any atom is -0.311 e. The molecule has 364 valence electrons. The third-order valence-electron chi connectivity index (χ3n) is 14.9. The molecule has 10 aromatic carbocycles. The van der Waals surface area contributed by atoms with Gasteiger partial charge in [0.2, 0.25) is 0 Å². The highest BCUT2D eigenvalue weighted by molar-refractivity contribution is 5.90. The van der Waals surface area contributed by atoms with Crippen molar-refractivity contribution in [3.63, 3.8) is 0 Å². The van der Waals surface area contributed by atoms with E-state index in [0.29, 0.717) is 0 Å². The predicted molar refractivity (Wildman–Crippen MR) is 319 cm³/mol. The second-order valence-electron chi connectivity index (χ2n) is 19.6. The number of benzene rings is 10. The number of rotatable bonds is 13. The van der Waals surface area contributed by atoms with Crippen molar-refractivity contribution in [1.82, 2.24) is 0 Å². The van der Waals surface area contributed by atoms with Gasteiger partial charge in [-0.3, -0.25) is 0 Å². The van der Waals surface area contributed by atoms with Crippen molar-refractivity contribution in [2.45, 2.75) is 40.0 Å². The summed E-state index contributed by atoms with van der Waals surface area (Å²) in [6.45, 7) is 16.0. The summed E-state index contributed by atoms with van der Waals surface area (Å²) in [5.41, 5.74) is 23.0. The van der Waals surface area contributed by atoms with Gasteiger partial charge in [0.1, 0.15) is 0 Å². The number of para-hydroxylation sites is 3. The van der Waals surface area contributed by atoms with Crippen molar-refractivity contribution in [1.29, 1.82) is 0 Å². The molecule has 1 aliphatic heterocycles. The van der Waals surface area contributed by atoms with Crippen molar-refractivity contribution in [2.75, 3.05) is 14.7 Å². The molecular formula is C72H61N3. The second kappa shape index (κ2) is 20.7. The smallest absolute Gasteiger partial charge is 0.0736 e. The minimum atomic E-state index is -0.817. The van der Waals surface area contributed by atoms with E-state index in [9.17, 15) is 0 Å². The van der Waals surface area contributed by atoms with Crippen molar-refractivity contribution in [2.24, 2.45) is 0 Å². The molecule has 75 heavy (non-hydrogen) atoms. The number of nitrogens with zero attached hydrogens (tertiary/aromatic N) is 3. The highest BCUT2D eigenvalue weighted by Crippen LogP contribution is 2.58. The number of fused-ring (bicyclic) bond motifs is 2. The van der Waals surface area contributed by atoms with Crippen LogP contribution >= 0.6 is 0 Å². The zero-order valence-electron chi connectivity index (χ0n) is 43.5. The Balaban J connectivity index is 1.08. The van der Waals surface area contributed by atoms with Crippen molar-refractivity contribution in [3.05, 3.63) is 324 Å². The molecule has 0 aromatic heterocycles. The number of allylic oxidation sites excluding steroid dienone is 4. The lowest BCUT2D eigenvalue weighted by atomic mass is 9.62. The Morgan fingerprint density at radius 1 is 0.427 bits per heavy atom. The van der Waals surface area contributed by atoms with Crippen LogP contribution < -0.4 is 14.7 Å². The summed E-state index contributed by atoms with van der Waals surface area (Å²) >= 11 is 0. The van der Waals surface area contributed by atoms with Gasteiger partial charge in [-0.1, -0.05) is 206 Å². The maximum Gasteiger partial charge on any atom is 0.0736 e. The maximum atomic E-state index is 5.17. The van der Waals surface area contributed by atoms with E-state index < -0.39 is 5.41 Å². The van der Waals surface area contributed by atoms with Crippen LogP contribution in [0.3, 0.4) is 0 Å². The molecule has 0 fully saturated rings. The van der Waals surface area contributed by atoms with Crippen LogP contribution in [0.2, 0.25) is 0 Å². The van der Waals surface area contributed by atoms with Crippen LogP contribution in [0, 0.1) is 27.7 Å². The fourth-order valence-corrected chi connectivity index (χ4v) is 11.0. The van der Waals surface area contributed by atoms with Gasteiger partial charge < -0.3 is 14.7 Å². The number of anilines is 8. The topological polar surface area (TPSA) is 9.72 Å². The highest BCUT2D eigenvalue weighted by Gasteiger charge is 2.46. The summed E-state index contributed by atoms with van der Waals surface area (Å²) < 4.78 is 0. The van der Waals surface area contributed by atoms with Crippen LogP contribution in [-0.2, 0) is 5.41 Å². The molecule has 3 heteroatoms. The minimum absolute atomic E-state index is 0.817. The van der Waals surface area contributed by atoms with Crippen molar-refractivity contribution in [3.8, 4) is 22.3 Å². The first-order valence-corrected chi connectivity index (χ1v) is 26.0. The van der Waals surface area contributed by atoms with E-state index in [1.54, 1.807) is 0 Å². The number of aryl methyl sites for hydroxylation is 4. The molecule has 1 unspecified atom stereocenters. The maximum absolute atomic E-state index is 5.17. The quantitative estimate of drug-likeness (QED) is 0.107. The SMILES string of the molecule is C=C(/C=C\C(=C/C)N(c1ccc(-c2ccccc2)cc1)c1ccccc1C)C1(c2ccc(N(c3ccc(-c4ccccc4)cc3)c3ccccc3C)cc2)c2ccccc2N(c2ccc(C)cc2)c2ccc(C)cc21. The van der Waals surface area contributed by atoms with Gasteiger partial charge in [-0.15, -0.1) is 0 Å². The fraction of sp³-hybridized carbons (Fsp3) is 0.0833. The lowest BCUT2D eigenvalue weighted by molar-refractivity contribution is 0.731. The molecule has 0 amide bonds. The zero-order chi connectivity index (χ0) is 51.5. The molecule has 1 heterocycles. The molecule has 0 spiro atoms. The van der Waals surface area contributed by atoms with E-state index in [2.05, 4.69) is 316 Å².